The predicted octanol–water partition coefficient (Wildman–Crippen LogP) is 3.74. The minimum absolute atomic E-state index is 0.0769. The van der Waals surface area contributed by atoms with E-state index in [1.807, 2.05) is 30.3 Å². The maximum atomic E-state index is 12.6. The molecular formula is C19H23ClN2O3S. The third-order valence-electron chi connectivity index (χ3n) is 3.86. The Bertz CT molecular complexity index is 839. The van der Waals surface area contributed by atoms with Gasteiger partial charge in [-0.05, 0) is 30.2 Å². The molecule has 0 saturated heterocycles. The molecule has 0 aliphatic rings. The molecule has 0 heterocycles. The molecule has 0 unspecified atom stereocenters. The van der Waals surface area contributed by atoms with Gasteiger partial charge in [0.25, 0.3) is 5.91 Å². The molecule has 2 rings (SSSR count). The Labute approximate surface area is 159 Å². The highest BCUT2D eigenvalue weighted by Crippen LogP contribution is 2.23. The van der Waals surface area contributed by atoms with E-state index in [2.05, 4.69) is 17.0 Å². The number of carbonyl (C=O) groups excluding carboxylic acids is 1. The van der Waals surface area contributed by atoms with E-state index in [9.17, 15) is 13.2 Å². The first-order valence-electron chi connectivity index (χ1n) is 8.55. The van der Waals surface area contributed by atoms with Gasteiger partial charge in [-0.2, -0.15) is 0 Å². The molecule has 1 amide bonds. The van der Waals surface area contributed by atoms with E-state index < -0.39 is 10.0 Å². The monoisotopic (exact) mass is 394 g/mol. The second-order valence-corrected chi connectivity index (χ2v) is 8.06. The SMILES string of the molecule is CCCCCNC(=O)c1ccc(Cl)c(S(=O)(=O)NCc2ccccc2)c1. The molecule has 0 aliphatic heterocycles. The number of unbranched alkanes of at least 4 members (excludes halogenated alkanes) is 2. The van der Waals surface area contributed by atoms with Crippen molar-refractivity contribution in [2.75, 3.05) is 6.54 Å². The number of carbonyl (C=O) groups is 1. The molecule has 2 N–H and O–H groups in total. The van der Waals surface area contributed by atoms with Gasteiger partial charge in [-0.15, -0.1) is 0 Å². The van der Waals surface area contributed by atoms with Gasteiger partial charge in [0, 0.05) is 18.7 Å². The van der Waals surface area contributed by atoms with Gasteiger partial charge in [0.2, 0.25) is 10.0 Å². The zero-order chi connectivity index (χ0) is 19.0. The summed E-state index contributed by atoms with van der Waals surface area (Å²) in [6.07, 6.45) is 2.98. The lowest BCUT2D eigenvalue weighted by Gasteiger charge is -2.11. The second kappa shape index (κ2) is 9.71. The average Bonchev–Trinajstić information content (AvgIpc) is 2.64. The predicted molar refractivity (Wildman–Crippen MR) is 104 cm³/mol. The summed E-state index contributed by atoms with van der Waals surface area (Å²) in [6, 6.07) is 13.4. The first kappa shape index (κ1) is 20.4. The van der Waals surface area contributed by atoms with E-state index in [1.54, 1.807) is 0 Å². The summed E-state index contributed by atoms with van der Waals surface area (Å²) in [5.41, 5.74) is 1.10. The van der Waals surface area contributed by atoms with E-state index in [0.717, 1.165) is 24.8 Å². The normalized spacial score (nSPS) is 11.3. The summed E-state index contributed by atoms with van der Waals surface area (Å²) < 4.78 is 27.7. The van der Waals surface area contributed by atoms with Gasteiger partial charge >= 0.3 is 0 Å². The van der Waals surface area contributed by atoms with Gasteiger partial charge in [-0.1, -0.05) is 61.7 Å². The first-order valence-corrected chi connectivity index (χ1v) is 10.4. The molecule has 0 fully saturated rings. The van der Waals surface area contributed by atoms with Crippen LogP contribution in [-0.4, -0.2) is 20.9 Å². The van der Waals surface area contributed by atoms with Gasteiger partial charge in [0.05, 0.1) is 5.02 Å². The highest BCUT2D eigenvalue weighted by molar-refractivity contribution is 7.89. The van der Waals surface area contributed by atoms with Crippen LogP contribution < -0.4 is 10.0 Å². The van der Waals surface area contributed by atoms with Gasteiger partial charge in [0.1, 0.15) is 4.90 Å². The van der Waals surface area contributed by atoms with Crippen LogP contribution >= 0.6 is 11.6 Å². The summed E-state index contributed by atoms with van der Waals surface area (Å²) in [5.74, 6) is -0.308. The number of benzene rings is 2. The Morgan fingerprint density at radius 1 is 1.08 bits per heavy atom. The van der Waals surface area contributed by atoms with Crippen LogP contribution in [0.3, 0.4) is 0 Å². The standard InChI is InChI=1S/C19H23ClN2O3S/c1-2-3-7-12-21-19(23)16-10-11-17(20)18(13-16)26(24,25)22-14-15-8-5-4-6-9-15/h4-6,8-11,13,22H,2-3,7,12,14H2,1H3,(H,21,23). The van der Waals surface area contributed by atoms with Crippen molar-refractivity contribution in [3.8, 4) is 0 Å². The molecule has 26 heavy (non-hydrogen) atoms. The molecular weight excluding hydrogens is 372 g/mol. The molecule has 0 aromatic heterocycles. The van der Waals surface area contributed by atoms with Crippen molar-refractivity contribution in [2.24, 2.45) is 0 Å². The Hall–Kier alpha value is -1.89. The number of nitrogens with one attached hydrogen (secondary N) is 2. The molecule has 0 saturated carbocycles. The van der Waals surface area contributed by atoms with Crippen molar-refractivity contribution < 1.29 is 13.2 Å². The van der Waals surface area contributed by atoms with Crippen LogP contribution in [0.1, 0.15) is 42.1 Å². The number of hydrogen-bond acceptors (Lipinski definition) is 3. The lowest BCUT2D eigenvalue weighted by atomic mass is 10.2. The first-order chi connectivity index (χ1) is 12.4. The van der Waals surface area contributed by atoms with Crippen molar-refractivity contribution in [1.29, 1.82) is 0 Å². The van der Waals surface area contributed by atoms with Gasteiger partial charge in [-0.25, -0.2) is 13.1 Å². The van der Waals surface area contributed by atoms with Crippen molar-refractivity contribution in [1.82, 2.24) is 10.0 Å². The van der Waals surface area contributed by atoms with Crippen molar-refractivity contribution in [3.05, 3.63) is 64.7 Å². The minimum atomic E-state index is -3.84. The fourth-order valence-corrected chi connectivity index (χ4v) is 3.92. The number of rotatable bonds is 9. The summed E-state index contributed by atoms with van der Waals surface area (Å²) in [7, 11) is -3.84. The fourth-order valence-electron chi connectivity index (χ4n) is 2.38. The number of sulfonamides is 1. The Balaban J connectivity index is 2.11. The topological polar surface area (TPSA) is 75.3 Å². The molecule has 7 heteroatoms. The zero-order valence-electron chi connectivity index (χ0n) is 14.7. The molecule has 0 atom stereocenters. The summed E-state index contributed by atoms with van der Waals surface area (Å²) in [4.78, 5) is 12.1. The minimum Gasteiger partial charge on any atom is -0.352 e. The molecule has 2 aromatic carbocycles. The van der Waals surface area contributed by atoms with E-state index >= 15 is 0 Å². The van der Waals surface area contributed by atoms with Crippen molar-refractivity contribution in [2.45, 2.75) is 37.6 Å². The quantitative estimate of drug-likeness (QED) is 0.636. The molecule has 140 valence electrons. The van der Waals surface area contributed by atoms with Gasteiger partial charge in [-0.3, -0.25) is 4.79 Å². The van der Waals surface area contributed by atoms with Crippen molar-refractivity contribution >= 4 is 27.5 Å². The summed E-state index contributed by atoms with van der Waals surface area (Å²) in [5, 5.41) is 2.87. The fraction of sp³-hybridized carbons (Fsp3) is 0.316. The zero-order valence-corrected chi connectivity index (χ0v) is 16.2. The van der Waals surface area contributed by atoms with Crippen LogP contribution in [0, 0.1) is 0 Å². The van der Waals surface area contributed by atoms with Crippen LogP contribution in [0.5, 0.6) is 0 Å². The van der Waals surface area contributed by atoms with Crippen molar-refractivity contribution in [3.63, 3.8) is 0 Å². The molecule has 0 bridgehead atoms. The largest absolute Gasteiger partial charge is 0.352 e. The van der Waals surface area contributed by atoms with E-state index in [0.29, 0.717) is 6.54 Å². The second-order valence-electron chi connectivity index (χ2n) is 5.92. The lowest BCUT2D eigenvalue weighted by molar-refractivity contribution is 0.0952. The maximum absolute atomic E-state index is 12.6. The van der Waals surface area contributed by atoms with Gasteiger partial charge in [0.15, 0.2) is 0 Å². The Kier molecular flexibility index (Phi) is 7.63. The number of halogens is 1. The number of amides is 1. The van der Waals surface area contributed by atoms with Crippen LogP contribution in [-0.2, 0) is 16.6 Å². The number of hydrogen-bond donors (Lipinski definition) is 2. The molecule has 0 aliphatic carbocycles. The highest BCUT2D eigenvalue weighted by atomic mass is 35.5. The molecule has 5 nitrogen and oxygen atoms in total. The van der Waals surface area contributed by atoms with Crippen LogP contribution in [0.15, 0.2) is 53.4 Å². The smallest absolute Gasteiger partial charge is 0.251 e. The molecule has 0 radical (unpaired) electrons. The summed E-state index contributed by atoms with van der Waals surface area (Å²) in [6.45, 7) is 2.79. The van der Waals surface area contributed by atoms with Crippen LogP contribution in [0.2, 0.25) is 5.02 Å². The van der Waals surface area contributed by atoms with E-state index in [-0.39, 0.29) is 27.9 Å². The third kappa shape index (κ3) is 5.83. The summed E-state index contributed by atoms with van der Waals surface area (Å²) >= 11 is 6.06. The molecule has 0 spiro atoms. The van der Waals surface area contributed by atoms with E-state index in [4.69, 9.17) is 11.6 Å². The van der Waals surface area contributed by atoms with Gasteiger partial charge < -0.3 is 5.32 Å². The average molecular weight is 395 g/mol. The molecule has 2 aromatic rings. The Morgan fingerprint density at radius 3 is 2.50 bits per heavy atom. The maximum Gasteiger partial charge on any atom is 0.251 e. The Morgan fingerprint density at radius 2 is 1.81 bits per heavy atom. The highest BCUT2D eigenvalue weighted by Gasteiger charge is 2.20. The lowest BCUT2D eigenvalue weighted by Crippen LogP contribution is -2.26. The van der Waals surface area contributed by atoms with Crippen LogP contribution in [0.4, 0.5) is 0 Å². The third-order valence-corrected chi connectivity index (χ3v) is 5.74. The van der Waals surface area contributed by atoms with E-state index in [1.165, 1.54) is 18.2 Å². The van der Waals surface area contributed by atoms with Crippen LogP contribution in [0.25, 0.3) is 0 Å².